The molecule has 22 heavy (non-hydrogen) atoms. The van der Waals surface area contributed by atoms with Crippen LogP contribution in [0.1, 0.15) is 56.0 Å². The second-order valence-electron chi connectivity index (χ2n) is 6.21. The zero-order chi connectivity index (χ0) is 16.1. The number of aryl methyl sites for hydroxylation is 2. The fraction of sp³-hybridized carbons (Fsp3) is 0.706. The summed E-state index contributed by atoms with van der Waals surface area (Å²) < 4.78 is 1.89. The van der Waals surface area contributed by atoms with Crippen molar-refractivity contribution in [3.8, 4) is 6.07 Å². The summed E-state index contributed by atoms with van der Waals surface area (Å²) in [5.74, 6) is 0.260. The predicted molar refractivity (Wildman–Crippen MR) is 85.3 cm³/mol. The molecule has 1 aliphatic rings. The van der Waals surface area contributed by atoms with Crippen molar-refractivity contribution in [1.82, 2.24) is 14.7 Å². The molecule has 0 aromatic carbocycles. The van der Waals surface area contributed by atoms with Gasteiger partial charge in [0.25, 0.3) is 0 Å². The lowest BCUT2D eigenvalue weighted by Gasteiger charge is -2.33. The molecular weight excluding hydrogens is 276 g/mol. The molecule has 0 radical (unpaired) electrons. The van der Waals surface area contributed by atoms with Gasteiger partial charge in [-0.15, -0.1) is 0 Å². The average molecular weight is 302 g/mol. The fourth-order valence-corrected chi connectivity index (χ4v) is 3.31. The highest BCUT2D eigenvalue weighted by molar-refractivity contribution is 5.77. The number of hydrogen-bond donors (Lipinski definition) is 0. The van der Waals surface area contributed by atoms with Crippen LogP contribution < -0.4 is 0 Å². The Hall–Kier alpha value is -1.83. The molecule has 0 unspecified atom stereocenters. The molecule has 1 aromatic heterocycles. The Kier molecular flexibility index (Phi) is 5.59. The number of likely N-dealkylation sites (tertiary alicyclic amines) is 1. The van der Waals surface area contributed by atoms with Crippen LogP contribution in [0.2, 0.25) is 0 Å². The summed E-state index contributed by atoms with van der Waals surface area (Å²) in [7, 11) is 0. The van der Waals surface area contributed by atoms with Crippen LogP contribution in [0.5, 0.6) is 0 Å². The molecule has 5 nitrogen and oxygen atoms in total. The van der Waals surface area contributed by atoms with E-state index in [9.17, 15) is 4.79 Å². The van der Waals surface area contributed by atoms with Gasteiger partial charge >= 0.3 is 0 Å². The van der Waals surface area contributed by atoms with Gasteiger partial charge in [0.15, 0.2) is 0 Å². The average Bonchev–Trinajstić information content (AvgIpc) is 2.77. The Balaban J connectivity index is 1.97. The van der Waals surface area contributed by atoms with Crippen LogP contribution in [-0.2, 0) is 17.8 Å². The van der Waals surface area contributed by atoms with Crippen molar-refractivity contribution in [3.05, 3.63) is 17.0 Å². The van der Waals surface area contributed by atoms with Crippen LogP contribution >= 0.6 is 0 Å². The van der Waals surface area contributed by atoms with Gasteiger partial charge in [-0.2, -0.15) is 10.4 Å². The number of carbonyl (C=O) groups is 1. The Labute approximate surface area is 132 Å². The number of hydrogen-bond acceptors (Lipinski definition) is 3. The van der Waals surface area contributed by atoms with Gasteiger partial charge in [-0.25, -0.2) is 0 Å². The Morgan fingerprint density at radius 2 is 2.18 bits per heavy atom. The molecule has 2 rings (SSSR count). The molecule has 2 heterocycles. The molecular formula is C17H26N4O. The standard InChI is InChI=1S/C17H26N4O/c1-13-7-4-5-11-20(13)17(22)9-8-16-14(2)19-21(15(16)3)12-6-10-18/h13H,4-9,11-12H2,1-3H3/t13-/m1/s1. The zero-order valence-electron chi connectivity index (χ0n) is 13.9. The molecule has 1 aromatic rings. The first-order chi connectivity index (χ1) is 10.5. The molecule has 0 N–H and O–H groups in total. The summed E-state index contributed by atoms with van der Waals surface area (Å²) in [4.78, 5) is 14.5. The molecule has 120 valence electrons. The summed E-state index contributed by atoms with van der Waals surface area (Å²) in [6, 6.07) is 2.53. The Bertz CT molecular complexity index is 570. The van der Waals surface area contributed by atoms with Crippen LogP contribution in [0.15, 0.2) is 0 Å². The zero-order valence-corrected chi connectivity index (χ0v) is 13.9. The van der Waals surface area contributed by atoms with E-state index in [1.54, 1.807) is 0 Å². The maximum absolute atomic E-state index is 12.4. The second-order valence-corrected chi connectivity index (χ2v) is 6.21. The lowest BCUT2D eigenvalue weighted by molar-refractivity contribution is -0.134. The van der Waals surface area contributed by atoms with Crippen molar-refractivity contribution in [2.24, 2.45) is 0 Å². The minimum absolute atomic E-state index is 0.260. The van der Waals surface area contributed by atoms with Crippen LogP contribution in [0.25, 0.3) is 0 Å². The number of piperidine rings is 1. The molecule has 0 saturated carbocycles. The largest absolute Gasteiger partial charge is 0.340 e. The normalized spacial score (nSPS) is 18.3. The van der Waals surface area contributed by atoms with Crippen molar-refractivity contribution >= 4 is 5.91 Å². The van der Waals surface area contributed by atoms with E-state index >= 15 is 0 Å². The lowest BCUT2D eigenvalue weighted by atomic mass is 10.0. The van der Waals surface area contributed by atoms with E-state index in [2.05, 4.69) is 18.1 Å². The van der Waals surface area contributed by atoms with E-state index in [1.807, 2.05) is 23.4 Å². The highest BCUT2D eigenvalue weighted by atomic mass is 16.2. The maximum Gasteiger partial charge on any atom is 0.223 e. The van der Waals surface area contributed by atoms with E-state index < -0.39 is 0 Å². The van der Waals surface area contributed by atoms with Crippen LogP contribution in [0.3, 0.4) is 0 Å². The van der Waals surface area contributed by atoms with Crippen molar-refractivity contribution in [1.29, 1.82) is 5.26 Å². The van der Waals surface area contributed by atoms with Gasteiger partial charge in [0.1, 0.15) is 0 Å². The van der Waals surface area contributed by atoms with Crippen molar-refractivity contribution < 1.29 is 4.79 Å². The highest BCUT2D eigenvalue weighted by Crippen LogP contribution is 2.20. The fourth-order valence-electron chi connectivity index (χ4n) is 3.31. The van der Waals surface area contributed by atoms with E-state index in [-0.39, 0.29) is 5.91 Å². The maximum atomic E-state index is 12.4. The minimum Gasteiger partial charge on any atom is -0.340 e. The SMILES string of the molecule is Cc1nn(CCC#N)c(C)c1CCC(=O)N1CCCC[C@H]1C. The van der Waals surface area contributed by atoms with E-state index in [1.165, 1.54) is 6.42 Å². The molecule has 1 aliphatic heterocycles. The Morgan fingerprint density at radius 1 is 1.41 bits per heavy atom. The third-order valence-electron chi connectivity index (χ3n) is 4.68. The number of nitrogens with zero attached hydrogens (tertiary/aromatic N) is 4. The number of carbonyl (C=O) groups excluding carboxylic acids is 1. The number of rotatable bonds is 5. The van der Waals surface area contributed by atoms with Crippen molar-refractivity contribution in [3.63, 3.8) is 0 Å². The van der Waals surface area contributed by atoms with Gasteiger partial charge in [-0.05, 0) is 52.0 Å². The number of amides is 1. The lowest BCUT2D eigenvalue weighted by Crippen LogP contribution is -2.42. The van der Waals surface area contributed by atoms with Gasteiger partial charge in [0.2, 0.25) is 5.91 Å². The molecule has 1 amide bonds. The third kappa shape index (κ3) is 3.68. The van der Waals surface area contributed by atoms with E-state index in [0.717, 1.165) is 42.8 Å². The van der Waals surface area contributed by atoms with E-state index in [4.69, 9.17) is 5.26 Å². The van der Waals surface area contributed by atoms with Gasteiger partial charge in [0.05, 0.1) is 24.7 Å². The summed E-state index contributed by atoms with van der Waals surface area (Å²) in [5, 5.41) is 13.2. The highest BCUT2D eigenvalue weighted by Gasteiger charge is 2.23. The summed E-state index contributed by atoms with van der Waals surface area (Å²) in [6.45, 7) is 7.69. The first-order valence-corrected chi connectivity index (χ1v) is 8.24. The van der Waals surface area contributed by atoms with Crippen LogP contribution in [-0.4, -0.2) is 33.2 Å². The summed E-state index contributed by atoms with van der Waals surface area (Å²) in [6.07, 6.45) is 5.23. The van der Waals surface area contributed by atoms with Crippen LogP contribution in [0, 0.1) is 25.2 Å². The topological polar surface area (TPSA) is 61.9 Å². The third-order valence-corrected chi connectivity index (χ3v) is 4.68. The van der Waals surface area contributed by atoms with E-state index in [0.29, 0.717) is 25.4 Å². The van der Waals surface area contributed by atoms with Gasteiger partial charge in [0, 0.05) is 24.7 Å². The molecule has 0 aliphatic carbocycles. The summed E-state index contributed by atoms with van der Waals surface area (Å²) >= 11 is 0. The molecule has 0 spiro atoms. The predicted octanol–water partition coefficient (Wildman–Crippen LogP) is 2.75. The summed E-state index contributed by atoms with van der Waals surface area (Å²) in [5.41, 5.74) is 3.23. The molecule has 5 heteroatoms. The van der Waals surface area contributed by atoms with Crippen molar-refractivity contribution in [2.45, 2.75) is 71.9 Å². The second kappa shape index (κ2) is 7.44. The van der Waals surface area contributed by atoms with Crippen LogP contribution in [0.4, 0.5) is 0 Å². The smallest absolute Gasteiger partial charge is 0.223 e. The minimum atomic E-state index is 0.260. The molecule has 1 saturated heterocycles. The number of nitriles is 1. The van der Waals surface area contributed by atoms with Gasteiger partial charge < -0.3 is 4.90 Å². The molecule has 1 atom stereocenters. The first kappa shape index (κ1) is 16.5. The molecule has 1 fully saturated rings. The quantitative estimate of drug-likeness (QED) is 0.840. The van der Waals surface area contributed by atoms with Gasteiger partial charge in [-0.3, -0.25) is 9.48 Å². The monoisotopic (exact) mass is 302 g/mol. The van der Waals surface area contributed by atoms with Gasteiger partial charge in [-0.1, -0.05) is 0 Å². The van der Waals surface area contributed by atoms with Crippen molar-refractivity contribution in [2.75, 3.05) is 6.54 Å². The Morgan fingerprint density at radius 3 is 2.86 bits per heavy atom. The number of aromatic nitrogens is 2. The molecule has 0 bridgehead atoms. The first-order valence-electron chi connectivity index (χ1n) is 8.24.